The van der Waals surface area contributed by atoms with Crippen molar-refractivity contribution in [3.8, 4) is 11.8 Å². The average Bonchev–Trinajstić information content (AvgIpc) is 3.16. The Morgan fingerprint density at radius 2 is 2.00 bits per heavy atom. The van der Waals surface area contributed by atoms with Crippen LogP contribution >= 0.6 is 0 Å². The minimum absolute atomic E-state index is 0.124. The molecule has 4 heterocycles. The Labute approximate surface area is 152 Å². The third kappa shape index (κ3) is 3.52. The van der Waals surface area contributed by atoms with Crippen LogP contribution in [0.4, 0.5) is 0 Å². The molecule has 7 nitrogen and oxygen atoms in total. The number of rotatable bonds is 6. The SMILES string of the molecule is COc1ncccc1CN1Cc2ccnn2C(COc2ccccn2)C1. The fourth-order valence-corrected chi connectivity index (χ4v) is 3.29. The van der Waals surface area contributed by atoms with Crippen LogP contribution in [0.15, 0.2) is 55.0 Å². The van der Waals surface area contributed by atoms with Crippen LogP contribution in [0.25, 0.3) is 0 Å². The van der Waals surface area contributed by atoms with Gasteiger partial charge in [-0.15, -0.1) is 0 Å². The maximum Gasteiger partial charge on any atom is 0.217 e. The van der Waals surface area contributed by atoms with Crippen molar-refractivity contribution in [1.29, 1.82) is 0 Å². The van der Waals surface area contributed by atoms with Gasteiger partial charge in [0.2, 0.25) is 11.8 Å². The van der Waals surface area contributed by atoms with Gasteiger partial charge in [0.15, 0.2) is 0 Å². The van der Waals surface area contributed by atoms with Gasteiger partial charge in [0.1, 0.15) is 6.61 Å². The highest BCUT2D eigenvalue weighted by Gasteiger charge is 2.27. The molecule has 26 heavy (non-hydrogen) atoms. The molecule has 0 amide bonds. The fourth-order valence-electron chi connectivity index (χ4n) is 3.29. The van der Waals surface area contributed by atoms with Gasteiger partial charge >= 0.3 is 0 Å². The van der Waals surface area contributed by atoms with E-state index in [1.807, 2.05) is 30.5 Å². The Bertz CT molecular complexity index is 852. The number of fused-ring (bicyclic) bond motifs is 1. The molecule has 0 spiro atoms. The van der Waals surface area contributed by atoms with E-state index >= 15 is 0 Å². The zero-order valence-electron chi connectivity index (χ0n) is 14.7. The molecule has 0 fully saturated rings. The summed E-state index contributed by atoms with van der Waals surface area (Å²) in [4.78, 5) is 10.9. The zero-order chi connectivity index (χ0) is 17.8. The van der Waals surface area contributed by atoms with Gasteiger partial charge in [-0.25, -0.2) is 9.97 Å². The number of aromatic nitrogens is 4. The molecule has 1 aliphatic heterocycles. The molecule has 3 aromatic heterocycles. The van der Waals surface area contributed by atoms with Crippen LogP contribution in [0.5, 0.6) is 11.8 Å². The van der Waals surface area contributed by atoms with Crippen molar-refractivity contribution in [2.24, 2.45) is 0 Å². The van der Waals surface area contributed by atoms with E-state index in [0.29, 0.717) is 18.4 Å². The maximum atomic E-state index is 5.88. The van der Waals surface area contributed by atoms with Crippen molar-refractivity contribution >= 4 is 0 Å². The molecule has 1 aliphatic rings. The Morgan fingerprint density at radius 3 is 2.85 bits per heavy atom. The van der Waals surface area contributed by atoms with E-state index in [1.165, 1.54) is 5.69 Å². The Hall–Kier alpha value is -2.93. The van der Waals surface area contributed by atoms with Gasteiger partial charge in [-0.05, 0) is 18.2 Å². The van der Waals surface area contributed by atoms with Gasteiger partial charge in [0.05, 0.1) is 18.8 Å². The first kappa shape index (κ1) is 16.5. The molecular weight excluding hydrogens is 330 g/mol. The van der Waals surface area contributed by atoms with Gasteiger partial charge in [-0.1, -0.05) is 12.1 Å². The molecule has 0 saturated carbocycles. The number of ether oxygens (including phenoxy) is 2. The molecule has 3 aromatic rings. The molecule has 7 heteroatoms. The first-order chi connectivity index (χ1) is 12.8. The summed E-state index contributed by atoms with van der Waals surface area (Å²) in [6.07, 6.45) is 5.32. The molecule has 134 valence electrons. The second-order valence-electron chi connectivity index (χ2n) is 6.24. The first-order valence-electron chi connectivity index (χ1n) is 8.60. The van der Waals surface area contributed by atoms with Crippen LogP contribution in [0, 0.1) is 0 Å². The summed E-state index contributed by atoms with van der Waals surface area (Å²) >= 11 is 0. The van der Waals surface area contributed by atoms with E-state index in [0.717, 1.165) is 25.2 Å². The van der Waals surface area contributed by atoms with Crippen molar-refractivity contribution < 1.29 is 9.47 Å². The molecule has 0 bridgehead atoms. The Morgan fingerprint density at radius 1 is 1.08 bits per heavy atom. The van der Waals surface area contributed by atoms with Gasteiger partial charge in [0.25, 0.3) is 0 Å². The van der Waals surface area contributed by atoms with Crippen LogP contribution in [0.3, 0.4) is 0 Å². The lowest BCUT2D eigenvalue weighted by molar-refractivity contribution is 0.124. The highest BCUT2D eigenvalue weighted by atomic mass is 16.5. The largest absolute Gasteiger partial charge is 0.481 e. The smallest absolute Gasteiger partial charge is 0.217 e. The lowest BCUT2D eigenvalue weighted by Gasteiger charge is -2.33. The minimum atomic E-state index is 0.124. The molecular formula is C19H21N5O2. The highest BCUT2D eigenvalue weighted by molar-refractivity contribution is 5.25. The number of methoxy groups -OCH3 is 1. The average molecular weight is 351 g/mol. The number of pyridine rings is 2. The quantitative estimate of drug-likeness (QED) is 0.679. The van der Waals surface area contributed by atoms with Crippen LogP contribution in [-0.2, 0) is 13.1 Å². The van der Waals surface area contributed by atoms with Gasteiger partial charge in [-0.3, -0.25) is 9.58 Å². The fraction of sp³-hybridized carbons (Fsp3) is 0.316. The zero-order valence-corrected chi connectivity index (χ0v) is 14.7. The van der Waals surface area contributed by atoms with Crippen molar-refractivity contribution in [1.82, 2.24) is 24.6 Å². The van der Waals surface area contributed by atoms with E-state index in [2.05, 4.69) is 36.8 Å². The molecule has 0 radical (unpaired) electrons. The third-order valence-electron chi connectivity index (χ3n) is 4.45. The van der Waals surface area contributed by atoms with Crippen LogP contribution in [0.1, 0.15) is 17.3 Å². The number of nitrogens with zero attached hydrogens (tertiary/aromatic N) is 5. The Balaban J connectivity index is 1.49. The summed E-state index contributed by atoms with van der Waals surface area (Å²) in [7, 11) is 1.65. The maximum absolute atomic E-state index is 5.88. The predicted octanol–water partition coefficient (Wildman–Crippen LogP) is 2.32. The summed E-state index contributed by atoms with van der Waals surface area (Å²) in [5, 5.41) is 4.48. The van der Waals surface area contributed by atoms with E-state index in [-0.39, 0.29) is 6.04 Å². The molecule has 4 rings (SSSR count). The molecule has 1 unspecified atom stereocenters. The van der Waals surface area contributed by atoms with Gasteiger partial charge < -0.3 is 9.47 Å². The van der Waals surface area contributed by atoms with Crippen molar-refractivity contribution in [2.75, 3.05) is 20.3 Å². The van der Waals surface area contributed by atoms with Crippen LogP contribution in [-0.4, -0.2) is 44.9 Å². The van der Waals surface area contributed by atoms with Crippen molar-refractivity contribution in [3.05, 3.63) is 66.2 Å². The summed E-state index contributed by atoms with van der Waals surface area (Å²) in [6, 6.07) is 11.8. The summed E-state index contributed by atoms with van der Waals surface area (Å²) in [5.74, 6) is 1.31. The lowest BCUT2D eigenvalue weighted by atomic mass is 10.1. The number of hydrogen-bond donors (Lipinski definition) is 0. The topological polar surface area (TPSA) is 65.3 Å². The third-order valence-corrected chi connectivity index (χ3v) is 4.45. The molecule has 1 atom stereocenters. The monoisotopic (exact) mass is 351 g/mol. The summed E-state index contributed by atoms with van der Waals surface area (Å²) in [6.45, 7) is 2.95. The molecule has 0 saturated heterocycles. The van der Waals surface area contributed by atoms with Crippen molar-refractivity contribution in [2.45, 2.75) is 19.1 Å². The second kappa shape index (κ2) is 7.53. The lowest BCUT2D eigenvalue weighted by Crippen LogP contribution is -2.39. The van der Waals surface area contributed by atoms with E-state index in [1.54, 1.807) is 19.5 Å². The molecule has 0 aliphatic carbocycles. The highest BCUT2D eigenvalue weighted by Crippen LogP contribution is 2.24. The van der Waals surface area contributed by atoms with Crippen LogP contribution in [0.2, 0.25) is 0 Å². The standard InChI is InChI=1S/C19H21N5O2/c1-25-19-15(5-4-9-21-19)11-23-12-16-7-10-22-24(16)17(13-23)14-26-18-6-2-3-8-20-18/h2-10,17H,11-14H2,1H3. The Kier molecular flexibility index (Phi) is 4.79. The second-order valence-corrected chi connectivity index (χ2v) is 6.24. The predicted molar refractivity (Wildman–Crippen MR) is 95.9 cm³/mol. The summed E-state index contributed by atoms with van der Waals surface area (Å²) in [5.41, 5.74) is 2.25. The molecule has 0 aromatic carbocycles. The molecule has 0 N–H and O–H groups in total. The van der Waals surface area contributed by atoms with Gasteiger partial charge in [0, 0.05) is 49.9 Å². The summed E-state index contributed by atoms with van der Waals surface area (Å²) < 4.78 is 13.3. The van der Waals surface area contributed by atoms with E-state index < -0.39 is 0 Å². The van der Waals surface area contributed by atoms with Crippen LogP contribution < -0.4 is 9.47 Å². The van der Waals surface area contributed by atoms with E-state index in [4.69, 9.17) is 9.47 Å². The minimum Gasteiger partial charge on any atom is -0.481 e. The number of hydrogen-bond acceptors (Lipinski definition) is 6. The van der Waals surface area contributed by atoms with Gasteiger partial charge in [-0.2, -0.15) is 5.10 Å². The van der Waals surface area contributed by atoms with Crippen molar-refractivity contribution in [3.63, 3.8) is 0 Å². The normalized spacial score (nSPS) is 16.9. The first-order valence-corrected chi connectivity index (χ1v) is 8.60. The van der Waals surface area contributed by atoms with E-state index in [9.17, 15) is 0 Å².